The molecule has 0 radical (unpaired) electrons. The molecule has 0 aliphatic rings. The third kappa shape index (κ3) is 6.31. The Kier molecular flexibility index (Phi) is 8.06. The van der Waals surface area contributed by atoms with Crippen LogP contribution in [0.25, 0.3) is 0 Å². The van der Waals surface area contributed by atoms with Crippen LogP contribution < -0.4 is 0 Å². The van der Waals surface area contributed by atoms with Crippen molar-refractivity contribution in [2.24, 2.45) is 17.8 Å². The SMILES string of the molecule is CC(C)C(=O)[O][Sn]([O]C(=O)C(C)C)([O]C(=O)C(C)C)[C](C)(C)C. The summed E-state index contributed by atoms with van der Waals surface area (Å²) in [5.41, 5.74) is 0. The molecule has 0 unspecified atom stereocenters. The van der Waals surface area contributed by atoms with Crippen LogP contribution in [0.1, 0.15) is 62.3 Å². The maximum atomic E-state index is 12.2. The fraction of sp³-hybridized carbons (Fsp3) is 0.812. The second-order valence-corrected chi connectivity index (χ2v) is 16.7. The molecule has 0 aliphatic carbocycles. The maximum absolute atomic E-state index is 12.2. The molecule has 0 spiro atoms. The zero-order chi connectivity index (χ0) is 18.6. The molecular formula is C16H30O6Sn. The molecule has 0 heterocycles. The predicted octanol–water partition coefficient (Wildman–Crippen LogP) is 3.32. The van der Waals surface area contributed by atoms with Crippen molar-refractivity contribution < 1.29 is 23.6 Å². The third-order valence-electron chi connectivity index (χ3n) is 3.04. The normalized spacial score (nSPS) is 12.5. The Hall–Kier alpha value is -0.791. The van der Waals surface area contributed by atoms with Crippen molar-refractivity contribution in [1.29, 1.82) is 0 Å². The fourth-order valence-electron chi connectivity index (χ4n) is 1.27. The number of carbonyl (C=O) groups is 3. The Morgan fingerprint density at radius 2 is 0.870 bits per heavy atom. The van der Waals surface area contributed by atoms with Gasteiger partial charge in [-0.15, -0.1) is 0 Å². The van der Waals surface area contributed by atoms with Gasteiger partial charge in [0, 0.05) is 0 Å². The summed E-state index contributed by atoms with van der Waals surface area (Å²) in [6, 6.07) is 0. The van der Waals surface area contributed by atoms with Crippen molar-refractivity contribution in [2.45, 2.75) is 65.7 Å². The van der Waals surface area contributed by atoms with Crippen molar-refractivity contribution in [2.75, 3.05) is 0 Å². The molecule has 0 amide bonds. The first kappa shape index (κ1) is 22.2. The van der Waals surface area contributed by atoms with Gasteiger partial charge in [-0.3, -0.25) is 0 Å². The molecule has 0 atom stereocenters. The summed E-state index contributed by atoms with van der Waals surface area (Å²) >= 11 is -4.86. The zero-order valence-electron chi connectivity index (χ0n) is 15.7. The molecule has 0 aromatic carbocycles. The second kappa shape index (κ2) is 8.35. The van der Waals surface area contributed by atoms with E-state index < -0.39 is 58.7 Å². The number of rotatable bonds is 6. The van der Waals surface area contributed by atoms with Crippen LogP contribution >= 0.6 is 0 Å². The molecule has 0 N–H and O–H groups in total. The first-order valence-corrected chi connectivity index (χ1v) is 12.8. The summed E-state index contributed by atoms with van der Waals surface area (Å²) in [6.07, 6.45) is 0. The van der Waals surface area contributed by atoms with Gasteiger partial charge in [-0.05, 0) is 0 Å². The van der Waals surface area contributed by atoms with Crippen molar-refractivity contribution >= 4 is 37.5 Å². The van der Waals surface area contributed by atoms with Crippen LogP contribution in [-0.2, 0) is 23.6 Å². The Labute approximate surface area is 144 Å². The molecule has 6 nitrogen and oxygen atoms in total. The molecule has 134 valence electrons. The Morgan fingerprint density at radius 1 is 0.652 bits per heavy atom. The quantitative estimate of drug-likeness (QED) is 0.594. The Balaban J connectivity index is 5.87. The van der Waals surface area contributed by atoms with Crippen molar-refractivity contribution in [3.63, 3.8) is 0 Å². The van der Waals surface area contributed by atoms with Crippen LogP contribution in [0.4, 0.5) is 0 Å². The van der Waals surface area contributed by atoms with Gasteiger partial charge in [0.1, 0.15) is 0 Å². The third-order valence-corrected chi connectivity index (χ3v) is 12.3. The van der Waals surface area contributed by atoms with Crippen LogP contribution in [0.5, 0.6) is 0 Å². The molecule has 0 fully saturated rings. The summed E-state index contributed by atoms with van der Waals surface area (Å²) in [5, 5.41) is 0. The van der Waals surface area contributed by atoms with Crippen LogP contribution in [0.2, 0.25) is 3.43 Å². The van der Waals surface area contributed by atoms with E-state index in [0.29, 0.717) is 0 Å². The molecule has 0 aliphatic heterocycles. The molecule has 0 saturated heterocycles. The molecule has 0 aromatic rings. The van der Waals surface area contributed by atoms with Crippen LogP contribution in [0.3, 0.4) is 0 Å². The molecule has 0 bridgehead atoms. The average molecular weight is 437 g/mol. The van der Waals surface area contributed by atoms with E-state index >= 15 is 0 Å². The average Bonchev–Trinajstić information content (AvgIpc) is 2.36. The summed E-state index contributed by atoms with van der Waals surface area (Å²) in [4.78, 5) is 36.5. The Bertz CT molecular complexity index is 393. The zero-order valence-corrected chi connectivity index (χ0v) is 18.5. The van der Waals surface area contributed by atoms with Gasteiger partial charge >= 0.3 is 145 Å². The van der Waals surface area contributed by atoms with Crippen LogP contribution in [0, 0.1) is 17.8 Å². The molecule has 0 saturated carbocycles. The van der Waals surface area contributed by atoms with Gasteiger partial charge in [0.15, 0.2) is 0 Å². The standard InChI is InChI=1S/3C4H8O2.C4H9.Sn/c3*1-3(2)4(5)6;1-4(2)3;/h3*3H,1-2H3,(H,5,6);1-3H3;/q;;;;+3/p-3. The van der Waals surface area contributed by atoms with Gasteiger partial charge in [0.05, 0.1) is 0 Å². The van der Waals surface area contributed by atoms with Crippen LogP contribution in [-0.4, -0.2) is 37.5 Å². The molecule has 0 rings (SSSR count). The van der Waals surface area contributed by atoms with Gasteiger partial charge in [-0.1, -0.05) is 0 Å². The van der Waals surface area contributed by atoms with Crippen molar-refractivity contribution in [3.05, 3.63) is 0 Å². The van der Waals surface area contributed by atoms with Gasteiger partial charge in [-0.2, -0.15) is 0 Å². The van der Waals surface area contributed by atoms with Crippen molar-refractivity contribution in [3.8, 4) is 0 Å². The summed E-state index contributed by atoms with van der Waals surface area (Å²) < 4.78 is 16.0. The minimum atomic E-state index is -4.86. The molecule has 7 heteroatoms. The van der Waals surface area contributed by atoms with E-state index in [1.807, 2.05) is 0 Å². The minimum absolute atomic E-state index is 0.413. The van der Waals surface area contributed by atoms with E-state index in [1.54, 1.807) is 62.3 Å². The van der Waals surface area contributed by atoms with E-state index in [2.05, 4.69) is 0 Å². The fourth-order valence-corrected chi connectivity index (χ4v) is 8.54. The predicted molar refractivity (Wildman–Crippen MR) is 88.3 cm³/mol. The topological polar surface area (TPSA) is 78.9 Å². The molecule has 23 heavy (non-hydrogen) atoms. The Morgan fingerprint density at radius 3 is 1.00 bits per heavy atom. The number of carbonyl (C=O) groups excluding carboxylic acids is 3. The van der Waals surface area contributed by atoms with E-state index in [0.717, 1.165) is 0 Å². The van der Waals surface area contributed by atoms with Crippen LogP contribution in [0.15, 0.2) is 0 Å². The number of hydrogen-bond donors (Lipinski definition) is 0. The molecular weight excluding hydrogens is 407 g/mol. The van der Waals surface area contributed by atoms with Gasteiger partial charge < -0.3 is 0 Å². The van der Waals surface area contributed by atoms with Crippen molar-refractivity contribution in [1.82, 2.24) is 0 Å². The van der Waals surface area contributed by atoms with E-state index in [4.69, 9.17) is 9.22 Å². The van der Waals surface area contributed by atoms with Gasteiger partial charge in [-0.25, -0.2) is 0 Å². The van der Waals surface area contributed by atoms with E-state index in [1.165, 1.54) is 0 Å². The second-order valence-electron chi connectivity index (χ2n) is 7.53. The number of hydrogen-bond acceptors (Lipinski definition) is 6. The van der Waals surface area contributed by atoms with E-state index in [9.17, 15) is 14.4 Å². The summed E-state index contributed by atoms with van der Waals surface area (Å²) in [5.74, 6) is -2.81. The van der Waals surface area contributed by atoms with Gasteiger partial charge in [0.2, 0.25) is 0 Å². The first-order chi connectivity index (χ1) is 10.2. The first-order valence-electron chi connectivity index (χ1n) is 7.92. The molecule has 0 aromatic heterocycles. The summed E-state index contributed by atoms with van der Waals surface area (Å²) in [7, 11) is 0. The summed E-state index contributed by atoms with van der Waals surface area (Å²) in [6.45, 7) is 15.3. The van der Waals surface area contributed by atoms with Gasteiger partial charge in [0.25, 0.3) is 0 Å². The van der Waals surface area contributed by atoms with E-state index in [-0.39, 0.29) is 0 Å². The monoisotopic (exact) mass is 438 g/mol.